The molecule has 1 fully saturated rings. The first-order valence-corrected chi connectivity index (χ1v) is 7.91. The van der Waals surface area contributed by atoms with E-state index in [-0.39, 0.29) is 11.9 Å². The first-order chi connectivity index (χ1) is 9.70. The van der Waals surface area contributed by atoms with Gasteiger partial charge in [0, 0.05) is 18.2 Å². The molecule has 1 aliphatic heterocycles. The third kappa shape index (κ3) is 4.29. The molecule has 1 aromatic rings. The Balaban J connectivity index is 1.95. The third-order valence-corrected chi connectivity index (χ3v) is 4.16. The Bertz CT molecular complexity index is 408. The lowest BCUT2D eigenvalue weighted by molar-refractivity contribution is 0.300. The molecule has 0 aromatic heterocycles. The lowest BCUT2D eigenvalue weighted by atomic mass is 10.0. The van der Waals surface area contributed by atoms with Gasteiger partial charge in [0.25, 0.3) is 0 Å². The van der Waals surface area contributed by atoms with Gasteiger partial charge >= 0.3 is 0 Å². The number of nitrogens with zero attached hydrogens (tertiary/aromatic N) is 1. The quantitative estimate of drug-likeness (QED) is 0.820. The number of hydrogen-bond acceptors (Lipinski definition) is 2. The van der Waals surface area contributed by atoms with E-state index in [4.69, 9.17) is 0 Å². The van der Waals surface area contributed by atoms with E-state index in [2.05, 4.69) is 24.1 Å². The molecule has 0 amide bonds. The molecule has 1 saturated heterocycles. The van der Waals surface area contributed by atoms with Gasteiger partial charge in [-0.25, -0.2) is 4.39 Å². The first-order valence-electron chi connectivity index (χ1n) is 7.91. The van der Waals surface area contributed by atoms with Gasteiger partial charge in [-0.15, -0.1) is 0 Å². The average molecular weight is 278 g/mol. The van der Waals surface area contributed by atoms with Crippen LogP contribution < -0.4 is 5.32 Å². The van der Waals surface area contributed by atoms with Crippen LogP contribution in [0.3, 0.4) is 0 Å². The molecule has 1 heterocycles. The smallest absolute Gasteiger partial charge is 0.127 e. The van der Waals surface area contributed by atoms with Crippen LogP contribution in [0, 0.1) is 11.7 Å². The maximum absolute atomic E-state index is 14.0. The fourth-order valence-corrected chi connectivity index (χ4v) is 2.98. The molecular weight excluding hydrogens is 251 g/mol. The fourth-order valence-electron chi connectivity index (χ4n) is 2.98. The molecule has 0 aliphatic carbocycles. The molecule has 0 bridgehead atoms. The molecule has 0 saturated carbocycles. The third-order valence-electron chi connectivity index (χ3n) is 4.16. The van der Waals surface area contributed by atoms with Crippen molar-refractivity contribution in [3.8, 4) is 0 Å². The van der Waals surface area contributed by atoms with Gasteiger partial charge in [0.1, 0.15) is 5.82 Å². The number of benzene rings is 1. The van der Waals surface area contributed by atoms with Crippen LogP contribution in [0.4, 0.5) is 4.39 Å². The number of rotatable bonds is 7. The SMILES string of the molecule is CCCNC(CCN1CCC(C)C1)c1ccccc1F. The van der Waals surface area contributed by atoms with Crippen molar-refractivity contribution in [1.29, 1.82) is 0 Å². The predicted octanol–water partition coefficient (Wildman–Crippen LogP) is 3.60. The molecule has 1 aromatic carbocycles. The number of halogens is 1. The van der Waals surface area contributed by atoms with E-state index in [0.29, 0.717) is 0 Å². The van der Waals surface area contributed by atoms with Crippen molar-refractivity contribution in [3.05, 3.63) is 35.6 Å². The second-order valence-electron chi connectivity index (χ2n) is 6.01. The summed E-state index contributed by atoms with van der Waals surface area (Å²) < 4.78 is 14.0. The van der Waals surface area contributed by atoms with Crippen molar-refractivity contribution in [2.24, 2.45) is 5.92 Å². The molecule has 2 unspecified atom stereocenters. The first kappa shape index (κ1) is 15.5. The summed E-state index contributed by atoms with van der Waals surface area (Å²) >= 11 is 0. The molecule has 1 aliphatic rings. The van der Waals surface area contributed by atoms with Crippen LogP contribution in [0.15, 0.2) is 24.3 Å². The monoisotopic (exact) mass is 278 g/mol. The molecule has 2 nitrogen and oxygen atoms in total. The van der Waals surface area contributed by atoms with Gasteiger partial charge < -0.3 is 10.2 Å². The van der Waals surface area contributed by atoms with Crippen LogP contribution in [0.1, 0.15) is 44.7 Å². The second-order valence-corrected chi connectivity index (χ2v) is 6.01. The highest BCUT2D eigenvalue weighted by Crippen LogP contribution is 2.22. The highest BCUT2D eigenvalue weighted by molar-refractivity contribution is 5.21. The fraction of sp³-hybridized carbons (Fsp3) is 0.647. The Morgan fingerprint density at radius 2 is 2.20 bits per heavy atom. The Kier molecular flexibility index (Phi) is 5.99. The number of nitrogens with one attached hydrogen (secondary N) is 1. The highest BCUT2D eigenvalue weighted by atomic mass is 19.1. The van der Waals surface area contributed by atoms with Crippen LogP contribution in [0.5, 0.6) is 0 Å². The van der Waals surface area contributed by atoms with Crippen molar-refractivity contribution in [1.82, 2.24) is 10.2 Å². The molecule has 0 spiro atoms. The zero-order chi connectivity index (χ0) is 14.4. The molecular formula is C17H27FN2. The Morgan fingerprint density at radius 1 is 1.40 bits per heavy atom. The summed E-state index contributed by atoms with van der Waals surface area (Å²) in [5.41, 5.74) is 0.813. The number of likely N-dealkylation sites (tertiary alicyclic amines) is 1. The molecule has 0 radical (unpaired) electrons. The summed E-state index contributed by atoms with van der Waals surface area (Å²) in [6, 6.07) is 7.30. The summed E-state index contributed by atoms with van der Waals surface area (Å²) in [5.74, 6) is 0.724. The standard InChI is InChI=1S/C17H27FN2/c1-3-10-19-17(15-6-4-5-7-16(15)18)9-12-20-11-8-14(2)13-20/h4-7,14,17,19H,3,8-13H2,1-2H3. The van der Waals surface area contributed by atoms with Crippen LogP contribution in [-0.2, 0) is 0 Å². The number of hydrogen-bond donors (Lipinski definition) is 1. The molecule has 3 heteroatoms. The summed E-state index contributed by atoms with van der Waals surface area (Å²) in [4.78, 5) is 2.51. The summed E-state index contributed by atoms with van der Waals surface area (Å²) in [6.45, 7) is 8.84. The topological polar surface area (TPSA) is 15.3 Å². The Hall–Kier alpha value is -0.930. The van der Waals surface area contributed by atoms with Gasteiger partial charge in [0.2, 0.25) is 0 Å². The lowest BCUT2D eigenvalue weighted by Crippen LogP contribution is -2.29. The van der Waals surface area contributed by atoms with Gasteiger partial charge in [-0.3, -0.25) is 0 Å². The predicted molar refractivity (Wildman–Crippen MR) is 82.3 cm³/mol. The van der Waals surface area contributed by atoms with Gasteiger partial charge in [0.05, 0.1) is 0 Å². The normalized spacial score (nSPS) is 21.2. The zero-order valence-corrected chi connectivity index (χ0v) is 12.7. The largest absolute Gasteiger partial charge is 0.310 e. The van der Waals surface area contributed by atoms with Crippen LogP contribution in [0.2, 0.25) is 0 Å². The van der Waals surface area contributed by atoms with Gasteiger partial charge in [-0.2, -0.15) is 0 Å². The van der Waals surface area contributed by atoms with E-state index in [1.807, 2.05) is 12.1 Å². The Morgan fingerprint density at radius 3 is 2.85 bits per heavy atom. The van der Waals surface area contributed by atoms with Gasteiger partial charge in [0.15, 0.2) is 0 Å². The van der Waals surface area contributed by atoms with Gasteiger partial charge in [-0.05, 0) is 50.9 Å². The van der Waals surface area contributed by atoms with Gasteiger partial charge in [-0.1, -0.05) is 32.0 Å². The summed E-state index contributed by atoms with van der Waals surface area (Å²) in [7, 11) is 0. The lowest BCUT2D eigenvalue weighted by Gasteiger charge is -2.23. The van der Waals surface area contributed by atoms with E-state index in [9.17, 15) is 4.39 Å². The summed E-state index contributed by atoms with van der Waals surface area (Å²) in [6.07, 6.45) is 3.35. The van der Waals surface area contributed by atoms with E-state index >= 15 is 0 Å². The van der Waals surface area contributed by atoms with Crippen LogP contribution in [0.25, 0.3) is 0 Å². The van der Waals surface area contributed by atoms with Crippen molar-refractivity contribution in [3.63, 3.8) is 0 Å². The minimum atomic E-state index is -0.0871. The zero-order valence-electron chi connectivity index (χ0n) is 12.7. The molecule has 20 heavy (non-hydrogen) atoms. The van der Waals surface area contributed by atoms with Crippen LogP contribution in [-0.4, -0.2) is 31.1 Å². The van der Waals surface area contributed by atoms with Crippen LogP contribution >= 0.6 is 0 Å². The maximum Gasteiger partial charge on any atom is 0.127 e. The molecule has 2 rings (SSSR count). The van der Waals surface area contributed by atoms with E-state index < -0.39 is 0 Å². The van der Waals surface area contributed by atoms with Crippen molar-refractivity contribution < 1.29 is 4.39 Å². The highest BCUT2D eigenvalue weighted by Gasteiger charge is 2.21. The molecule has 112 valence electrons. The molecule has 2 atom stereocenters. The second kappa shape index (κ2) is 7.75. The van der Waals surface area contributed by atoms with E-state index in [1.54, 1.807) is 12.1 Å². The molecule has 1 N–H and O–H groups in total. The van der Waals surface area contributed by atoms with E-state index in [0.717, 1.165) is 37.4 Å². The Labute approximate surface area is 122 Å². The van der Waals surface area contributed by atoms with Crippen molar-refractivity contribution in [2.75, 3.05) is 26.2 Å². The summed E-state index contributed by atoms with van der Waals surface area (Å²) in [5, 5.41) is 3.50. The minimum absolute atomic E-state index is 0.0871. The van der Waals surface area contributed by atoms with Crippen molar-refractivity contribution >= 4 is 0 Å². The minimum Gasteiger partial charge on any atom is -0.310 e. The average Bonchev–Trinajstić information content (AvgIpc) is 2.86. The maximum atomic E-state index is 14.0. The van der Waals surface area contributed by atoms with E-state index in [1.165, 1.54) is 19.5 Å². The van der Waals surface area contributed by atoms with Crippen molar-refractivity contribution in [2.45, 2.75) is 39.2 Å².